The maximum Gasteiger partial charge on any atom is 0.251 e. The fourth-order valence-electron chi connectivity index (χ4n) is 2.64. The summed E-state index contributed by atoms with van der Waals surface area (Å²) in [5.41, 5.74) is -0.649. The number of aliphatic hydroxyl groups is 1. The Balaban J connectivity index is 2.39. The van der Waals surface area contributed by atoms with Crippen molar-refractivity contribution in [2.45, 2.75) is 39.7 Å². The molecule has 0 saturated carbocycles. The van der Waals surface area contributed by atoms with Crippen molar-refractivity contribution in [3.05, 3.63) is 0 Å². The summed E-state index contributed by atoms with van der Waals surface area (Å²) in [5, 5.41) is 9.90. The number of hydrogen-bond donors (Lipinski definition) is 1. The van der Waals surface area contributed by atoms with Crippen LogP contribution in [0.25, 0.3) is 0 Å². The van der Waals surface area contributed by atoms with Gasteiger partial charge in [-0.05, 0) is 31.6 Å². The number of carbonyl (C=O) groups excluding carboxylic acids is 1. The molecule has 1 heterocycles. The van der Waals surface area contributed by atoms with Crippen LogP contribution in [-0.2, 0) is 14.6 Å². The van der Waals surface area contributed by atoms with Crippen molar-refractivity contribution >= 4 is 5.91 Å². The van der Waals surface area contributed by atoms with Gasteiger partial charge in [0.05, 0.1) is 12.7 Å². The van der Waals surface area contributed by atoms with E-state index in [1.165, 1.54) is 7.11 Å². The maximum atomic E-state index is 11.6. The highest BCUT2D eigenvalue weighted by Gasteiger charge is 2.42. The van der Waals surface area contributed by atoms with Crippen LogP contribution in [0, 0.1) is 11.3 Å². The number of rotatable bonds is 6. The molecule has 1 rings (SSSR count). The Kier molecular flexibility index (Phi) is 4.75. The van der Waals surface area contributed by atoms with Crippen molar-refractivity contribution in [3.63, 3.8) is 0 Å². The monoisotopic (exact) mass is 259 g/mol. The lowest BCUT2D eigenvalue weighted by atomic mass is 9.69. The molecule has 1 aliphatic heterocycles. The van der Waals surface area contributed by atoms with E-state index in [9.17, 15) is 9.90 Å². The normalized spacial score (nSPS) is 17.8. The molecule has 5 nitrogen and oxygen atoms in total. The van der Waals surface area contributed by atoms with Crippen molar-refractivity contribution in [1.82, 2.24) is 4.90 Å². The van der Waals surface area contributed by atoms with E-state index in [1.807, 2.05) is 13.8 Å². The van der Waals surface area contributed by atoms with E-state index in [-0.39, 0.29) is 17.9 Å². The zero-order chi connectivity index (χ0) is 14.0. The third-order valence-corrected chi connectivity index (χ3v) is 3.53. The van der Waals surface area contributed by atoms with Gasteiger partial charge in [0.2, 0.25) is 0 Å². The molecule has 0 unspecified atom stereocenters. The average Bonchev–Trinajstić information content (AvgIpc) is 2.07. The lowest BCUT2D eigenvalue weighted by Gasteiger charge is -2.49. The van der Waals surface area contributed by atoms with Crippen molar-refractivity contribution < 1.29 is 19.7 Å². The van der Waals surface area contributed by atoms with E-state index in [0.717, 1.165) is 19.5 Å². The highest BCUT2D eigenvalue weighted by Crippen LogP contribution is 2.40. The van der Waals surface area contributed by atoms with E-state index >= 15 is 0 Å². The van der Waals surface area contributed by atoms with Crippen LogP contribution < -0.4 is 0 Å². The van der Waals surface area contributed by atoms with E-state index in [4.69, 9.17) is 0 Å². The topological polar surface area (TPSA) is 59.0 Å². The van der Waals surface area contributed by atoms with Crippen LogP contribution in [-0.4, -0.2) is 48.3 Å². The molecule has 1 amide bonds. The molecule has 0 aromatic heterocycles. The molecule has 0 aliphatic carbocycles. The van der Waals surface area contributed by atoms with E-state index in [2.05, 4.69) is 23.6 Å². The first-order chi connectivity index (χ1) is 8.15. The summed E-state index contributed by atoms with van der Waals surface area (Å²) in [5.74, 6) is 0.377. The Hall–Kier alpha value is -0.650. The molecule has 0 aromatic rings. The zero-order valence-electron chi connectivity index (χ0n) is 12.0. The SMILES string of the molecule is COOCC(=O)N1CC(C(C)(C)CC(C)(C)O)C1. The molecular weight excluding hydrogens is 234 g/mol. The number of amides is 1. The largest absolute Gasteiger partial charge is 0.390 e. The Morgan fingerprint density at radius 3 is 2.33 bits per heavy atom. The van der Waals surface area contributed by atoms with Crippen molar-refractivity contribution in [2.75, 3.05) is 26.8 Å². The Morgan fingerprint density at radius 1 is 1.33 bits per heavy atom. The summed E-state index contributed by atoms with van der Waals surface area (Å²) in [7, 11) is 1.39. The molecule has 18 heavy (non-hydrogen) atoms. The summed E-state index contributed by atoms with van der Waals surface area (Å²) < 4.78 is 0. The van der Waals surface area contributed by atoms with Gasteiger partial charge in [0.25, 0.3) is 5.91 Å². The van der Waals surface area contributed by atoms with Crippen molar-refractivity contribution in [2.24, 2.45) is 11.3 Å². The number of carbonyl (C=O) groups is 1. The summed E-state index contributed by atoms with van der Waals surface area (Å²) in [6.45, 7) is 9.36. The van der Waals surface area contributed by atoms with E-state index in [1.54, 1.807) is 4.90 Å². The van der Waals surface area contributed by atoms with Gasteiger partial charge in [-0.1, -0.05) is 13.8 Å². The predicted molar refractivity (Wildman–Crippen MR) is 67.7 cm³/mol. The van der Waals surface area contributed by atoms with Gasteiger partial charge in [-0.15, -0.1) is 0 Å². The highest BCUT2D eigenvalue weighted by molar-refractivity contribution is 5.78. The minimum atomic E-state index is -0.674. The molecule has 0 bridgehead atoms. The minimum absolute atomic E-state index is 0.0249. The Labute approximate surface area is 109 Å². The van der Waals surface area contributed by atoms with Gasteiger partial charge < -0.3 is 10.0 Å². The summed E-state index contributed by atoms with van der Waals surface area (Å²) in [4.78, 5) is 22.4. The van der Waals surface area contributed by atoms with Gasteiger partial charge >= 0.3 is 0 Å². The zero-order valence-corrected chi connectivity index (χ0v) is 12.0. The molecule has 1 saturated heterocycles. The molecule has 1 fully saturated rings. The van der Waals surface area contributed by atoms with Crippen molar-refractivity contribution in [1.29, 1.82) is 0 Å². The van der Waals surface area contributed by atoms with Gasteiger partial charge in [0.15, 0.2) is 6.61 Å². The molecule has 106 valence electrons. The van der Waals surface area contributed by atoms with E-state index in [0.29, 0.717) is 5.92 Å². The van der Waals surface area contributed by atoms with Crippen LogP contribution in [0.15, 0.2) is 0 Å². The molecule has 0 spiro atoms. The quantitative estimate of drug-likeness (QED) is 0.575. The number of likely N-dealkylation sites (tertiary alicyclic amines) is 1. The van der Waals surface area contributed by atoms with Gasteiger partial charge in [0, 0.05) is 13.1 Å². The van der Waals surface area contributed by atoms with Crippen LogP contribution in [0.5, 0.6) is 0 Å². The second kappa shape index (κ2) is 5.55. The molecule has 5 heteroatoms. The smallest absolute Gasteiger partial charge is 0.251 e. The van der Waals surface area contributed by atoms with Gasteiger partial charge in [-0.3, -0.25) is 4.79 Å². The second-order valence-electron chi connectivity index (χ2n) is 6.40. The fraction of sp³-hybridized carbons (Fsp3) is 0.923. The van der Waals surface area contributed by atoms with Crippen LogP contribution >= 0.6 is 0 Å². The first-order valence-electron chi connectivity index (χ1n) is 6.31. The second-order valence-corrected chi connectivity index (χ2v) is 6.40. The highest BCUT2D eigenvalue weighted by atomic mass is 17.2. The van der Waals surface area contributed by atoms with Gasteiger partial charge in [-0.25, -0.2) is 9.78 Å². The first kappa shape index (κ1) is 15.4. The number of hydrogen-bond acceptors (Lipinski definition) is 4. The maximum absolute atomic E-state index is 11.6. The predicted octanol–water partition coefficient (Wildman–Crippen LogP) is 1.21. The standard InChI is InChI=1S/C13H25NO4/c1-12(2,9-13(3,4)16)10-6-14(7-10)11(15)8-18-17-5/h10,16H,6-9H2,1-5H3. The molecule has 0 atom stereocenters. The minimum Gasteiger partial charge on any atom is -0.390 e. The lowest BCUT2D eigenvalue weighted by molar-refractivity contribution is -0.270. The van der Waals surface area contributed by atoms with Gasteiger partial charge in [0.1, 0.15) is 0 Å². The molecule has 1 aliphatic rings. The molecule has 1 N–H and O–H groups in total. The first-order valence-corrected chi connectivity index (χ1v) is 6.31. The fourth-order valence-corrected chi connectivity index (χ4v) is 2.64. The average molecular weight is 259 g/mol. The lowest BCUT2D eigenvalue weighted by Crippen LogP contribution is -2.57. The molecule has 0 aromatic carbocycles. The summed E-state index contributed by atoms with van der Waals surface area (Å²) in [6, 6.07) is 0. The van der Waals surface area contributed by atoms with Crippen LogP contribution in [0.4, 0.5) is 0 Å². The summed E-state index contributed by atoms with van der Waals surface area (Å²) >= 11 is 0. The third-order valence-electron chi connectivity index (χ3n) is 3.53. The van der Waals surface area contributed by atoms with E-state index < -0.39 is 5.60 Å². The van der Waals surface area contributed by atoms with Crippen molar-refractivity contribution in [3.8, 4) is 0 Å². The van der Waals surface area contributed by atoms with Crippen LogP contribution in [0.1, 0.15) is 34.1 Å². The van der Waals surface area contributed by atoms with Crippen LogP contribution in [0.2, 0.25) is 0 Å². The third kappa shape index (κ3) is 4.23. The van der Waals surface area contributed by atoms with Crippen LogP contribution in [0.3, 0.4) is 0 Å². The Bertz CT molecular complexity index is 290. The summed E-state index contributed by atoms with van der Waals surface area (Å²) in [6.07, 6.45) is 0.723. The number of nitrogens with zero attached hydrogens (tertiary/aromatic N) is 1. The Morgan fingerprint density at radius 2 is 1.89 bits per heavy atom. The molecular formula is C13H25NO4. The van der Waals surface area contributed by atoms with Gasteiger partial charge in [-0.2, -0.15) is 0 Å². The molecule has 0 radical (unpaired) electrons.